The average molecular weight is 476 g/mol. The third-order valence-corrected chi connectivity index (χ3v) is 5.83. The second-order valence-corrected chi connectivity index (χ2v) is 8.37. The van der Waals surface area contributed by atoms with Gasteiger partial charge in [0.25, 0.3) is 0 Å². The summed E-state index contributed by atoms with van der Waals surface area (Å²) in [5, 5.41) is 3.22. The summed E-state index contributed by atoms with van der Waals surface area (Å²) < 4.78 is 55.9. The van der Waals surface area contributed by atoms with Crippen molar-refractivity contribution >= 4 is 22.6 Å². The minimum absolute atomic E-state index is 0.0404. The first-order valence-electron chi connectivity index (χ1n) is 11.5. The Kier molecular flexibility index (Phi) is 7.00. The molecule has 9 heteroatoms. The molecule has 2 heterocycles. The number of carbonyl (C=O) groups excluding carboxylic acids is 1. The van der Waals surface area contributed by atoms with E-state index >= 15 is 0 Å². The lowest BCUT2D eigenvalue weighted by Gasteiger charge is -2.31. The lowest BCUT2D eigenvalue weighted by molar-refractivity contribution is -0.141. The van der Waals surface area contributed by atoms with Gasteiger partial charge in [-0.05, 0) is 61.6 Å². The van der Waals surface area contributed by atoms with E-state index in [1.165, 1.54) is 13.0 Å². The molecular weight excluding hydrogens is 449 g/mol. The van der Waals surface area contributed by atoms with Gasteiger partial charge in [0.1, 0.15) is 11.5 Å². The van der Waals surface area contributed by atoms with Gasteiger partial charge in [0.05, 0.1) is 12.0 Å². The predicted molar refractivity (Wildman–Crippen MR) is 121 cm³/mol. The summed E-state index contributed by atoms with van der Waals surface area (Å²) in [6, 6.07) is 8.63. The number of benzene rings is 2. The zero-order valence-electron chi connectivity index (χ0n) is 19.2. The normalized spacial score (nSPS) is 13.7. The van der Waals surface area contributed by atoms with Crippen molar-refractivity contribution in [3.05, 3.63) is 47.2 Å². The van der Waals surface area contributed by atoms with Crippen LogP contribution in [0.3, 0.4) is 0 Å². The predicted octanol–water partition coefficient (Wildman–Crippen LogP) is 5.95. The number of alkyl halides is 3. The molecule has 182 valence electrons. The summed E-state index contributed by atoms with van der Waals surface area (Å²) in [4.78, 5) is 13.5. The van der Waals surface area contributed by atoms with Gasteiger partial charge < -0.3 is 18.9 Å². The van der Waals surface area contributed by atoms with Gasteiger partial charge in [-0.3, -0.25) is 4.79 Å². The van der Waals surface area contributed by atoms with E-state index in [-0.39, 0.29) is 16.9 Å². The quantitative estimate of drug-likeness (QED) is 0.228. The SMILES string of the molecule is CCCc1c(OCCCN2CCCc3cc(OC(C)=O)ccc32)ccc2c(C(F)(F)F)noc12. The molecule has 1 aromatic heterocycles. The summed E-state index contributed by atoms with van der Waals surface area (Å²) in [6.07, 6.45) is -0.642. The fourth-order valence-corrected chi connectivity index (χ4v) is 4.42. The first kappa shape index (κ1) is 23.9. The number of esters is 1. The number of aromatic nitrogens is 1. The highest BCUT2D eigenvalue weighted by Crippen LogP contribution is 2.38. The Morgan fingerprint density at radius 2 is 2.06 bits per heavy atom. The zero-order valence-corrected chi connectivity index (χ0v) is 19.2. The Labute approximate surface area is 195 Å². The number of halogens is 3. The van der Waals surface area contributed by atoms with Gasteiger partial charge in [-0.2, -0.15) is 13.2 Å². The van der Waals surface area contributed by atoms with Crippen LogP contribution in [0.2, 0.25) is 0 Å². The minimum Gasteiger partial charge on any atom is -0.493 e. The fourth-order valence-electron chi connectivity index (χ4n) is 4.42. The van der Waals surface area contributed by atoms with E-state index < -0.39 is 11.9 Å². The van der Waals surface area contributed by atoms with Gasteiger partial charge in [-0.1, -0.05) is 18.5 Å². The molecule has 0 fully saturated rings. The highest BCUT2D eigenvalue weighted by atomic mass is 19.4. The largest absolute Gasteiger partial charge is 0.493 e. The molecule has 0 spiro atoms. The molecule has 0 saturated carbocycles. The third kappa shape index (κ3) is 5.13. The van der Waals surface area contributed by atoms with Crippen LogP contribution in [0.5, 0.6) is 11.5 Å². The number of rotatable bonds is 8. The number of hydrogen-bond acceptors (Lipinski definition) is 6. The maximum atomic E-state index is 13.2. The highest BCUT2D eigenvalue weighted by molar-refractivity contribution is 5.85. The number of nitrogens with zero attached hydrogens (tertiary/aromatic N) is 2. The van der Waals surface area contributed by atoms with Crippen molar-refractivity contribution in [1.82, 2.24) is 5.16 Å². The molecule has 0 bridgehead atoms. The third-order valence-electron chi connectivity index (χ3n) is 5.83. The molecule has 0 atom stereocenters. The van der Waals surface area contributed by atoms with Crippen molar-refractivity contribution in [3.8, 4) is 11.5 Å². The van der Waals surface area contributed by atoms with E-state index in [0.717, 1.165) is 50.0 Å². The van der Waals surface area contributed by atoms with Crippen LogP contribution in [-0.2, 0) is 23.8 Å². The monoisotopic (exact) mass is 476 g/mol. The van der Waals surface area contributed by atoms with E-state index in [1.807, 2.05) is 19.1 Å². The molecule has 2 aromatic carbocycles. The van der Waals surface area contributed by atoms with Gasteiger partial charge in [0.2, 0.25) is 0 Å². The maximum absolute atomic E-state index is 13.2. The molecule has 6 nitrogen and oxygen atoms in total. The van der Waals surface area contributed by atoms with Crippen molar-refractivity contribution in [1.29, 1.82) is 0 Å². The number of hydrogen-bond donors (Lipinski definition) is 0. The standard InChI is InChI=1S/C25H27F3N2O4/c1-3-6-19-22(11-9-20-23(19)34-29-24(20)25(26,27)28)32-14-5-13-30-12-4-7-17-15-18(33-16(2)31)8-10-21(17)30/h8-11,15H,3-7,12-14H2,1-2H3. The number of ether oxygens (including phenoxy) is 2. The molecule has 1 aliphatic rings. The summed E-state index contributed by atoms with van der Waals surface area (Å²) in [5.74, 6) is 0.742. The van der Waals surface area contributed by atoms with Gasteiger partial charge in [0, 0.05) is 31.3 Å². The average Bonchev–Trinajstić information content (AvgIpc) is 3.22. The van der Waals surface area contributed by atoms with Gasteiger partial charge in [-0.25, -0.2) is 0 Å². The van der Waals surface area contributed by atoms with Crippen LogP contribution in [0.4, 0.5) is 18.9 Å². The molecule has 0 amide bonds. The van der Waals surface area contributed by atoms with Crippen molar-refractivity contribution in [2.24, 2.45) is 0 Å². The Hall–Kier alpha value is -3.23. The smallest absolute Gasteiger partial charge is 0.437 e. The summed E-state index contributed by atoms with van der Waals surface area (Å²) in [6.45, 7) is 5.44. The Morgan fingerprint density at radius 3 is 2.79 bits per heavy atom. The van der Waals surface area contributed by atoms with Crippen LogP contribution >= 0.6 is 0 Å². The molecule has 4 rings (SSSR count). The first-order valence-corrected chi connectivity index (χ1v) is 11.5. The van der Waals surface area contributed by atoms with E-state index in [1.54, 1.807) is 12.1 Å². The number of aryl methyl sites for hydroxylation is 2. The number of carbonyl (C=O) groups is 1. The topological polar surface area (TPSA) is 64.8 Å². The molecule has 34 heavy (non-hydrogen) atoms. The zero-order chi connectivity index (χ0) is 24.3. The van der Waals surface area contributed by atoms with Crippen LogP contribution in [0.1, 0.15) is 49.9 Å². The molecule has 0 radical (unpaired) electrons. The van der Waals surface area contributed by atoms with E-state index in [9.17, 15) is 18.0 Å². The second kappa shape index (κ2) is 9.95. The lowest BCUT2D eigenvalue weighted by atomic mass is 10.0. The molecule has 0 saturated heterocycles. The minimum atomic E-state index is -4.57. The molecule has 1 aliphatic heterocycles. The summed E-state index contributed by atoms with van der Waals surface area (Å²) in [7, 11) is 0. The van der Waals surface area contributed by atoms with Gasteiger partial charge >= 0.3 is 12.1 Å². The Balaban J connectivity index is 1.42. The van der Waals surface area contributed by atoms with E-state index in [4.69, 9.17) is 14.0 Å². The van der Waals surface area contributed by atoms with Crippen molar-refractivity contribution < 1.29 is 32.0 Å². The first-order chi connectivity index (χ1) is 16.3. The molecule has 0 aliphatic carbocycles. The van der Waals surface area contributed by atoms with Crippen molar-refractivity contribution in [2.45, 2.75) is 52.1 Å². The Bertz CT molecular complexity index is 1170. The van der Waals surface area contributed by atoms with Crippen molar-refractivity contribution in [2.75, 3.05) is 24.6 Å². The van der Waals surface area contributed by atoms with Gasteiger partial charge in [-0.15, -0.1) is 0 Å². The van der Waals surface area contributed by atoms with E-state index in [0.29, 0.717) is 30.1 Å². The maximum Gasteiger partial charge on any atom is 0.437 e. The van der Waals surface area contributed by atoms with Crippen LogP contribution in [0.15, 0.2) is 34.9 Å². The fraction of sp³-hybridized carbons (Fsp3) is 0.440. The van der Waals surface area contributed by atoms with Crippen LogP contribution in [0, 0.1) is 0 Å². The summed E-state index contributed by atoms with van der Waals surface area (Å²) >= 11 is 0. The number of anilines is 1. The van der Waals surface area contributed by atoms with Gasteiger partial charge in [0.15, 0.2) is 11.3 Å². The molecule has 0 N–H and O–H groups in total. The molecular formula is C25H27F3N2O4. The Morgan fingerprint density at radius 1 is 1.24 bits per heavy atom. The molecule has 3 aromatic rings. The summed E-state index contributed by atoms with van der Waals surface area (Å²) in [5.41, 5.74) is 2.01. The van der Waals surface area contributed by atoms with Crippen LogP contribution in [0.25, 0.3) is 11.0 Å². The van der Waals surface area contributed by atoms with E-state index in [2.05, 4.69) is 10.1 Å². The number of fused-ring (bicyclic) bond motifs is 2. The van der Waals surface area contributed by atoms with Crippen LogP contribution in [-0.4, -0.2) is 30.8 Å². The van der Waals surface area contributed by atoms with Crippen LogP contribution < -0.4 is 14.4 Å². The second-order valence-electron chi connectivity index (χ2n) is 8.37. The molecule has 0 unspecified atom stereocenters. The highest BCUT2D eigenvalue weighted by Gasteiger charge is 2.37. The van der Waals surface area contributed by atoms with Crippen molar-refractivity contribution in [3.63, 3.8) is 0 Å². The lowest BCUT2D eigenvalue weighted by Crippen LogP contribution is -2.31.